The van der Waals surface area contributed by atoms with Crippen molar-refractivity contribution < 1.29 is 14.6 Å². The molecular formula is C17H19NO4. The van der Waals surface area contributed by atoms with Crippen molar-refractivity contribution in [2.24, 2.45) is 0 Å². The van der Waals surface area contributed by atoms with E-state index in [1.165, 1.54) is 0 Å². The first-order valence-electron chi connectivity index (χ1n) is 7.12. The van der Waals surface area contributed by atoms with Crippen LogP contribution in [0.1, 0.15) is 12.0 Å². The van der Waals surface area contributed by atoms with Crippen molar-refractivity contribution >= 4 is 5.97 Å². The topological polar surface area (TPSA) is 68.5 Å². The molecule has 5 nitrogen and oxygen atoms in total. The maximum absolute atomic E-state index is 12.6. The highest BCUT2D eigenvalue weighted by Crippen LogP contribution is 2.18. The third-order valence-electron chi connectivity index (χ3n) is 3.45. The van der Waals surface area contributed by atoms with Crippen LogP contribution in [0.2, 0.25) is 0 Å². The molecule has 0 fully saturated rings. The molecule has 0 saturated heterocycles. The van der Waals surface area contributed by atoms with E-state index in [1.807, 2.05) is 36.4 Å². The SMILES string of the molecule is COCCn1c(-c2ccccc2)ccc(CCC(=O)O)c1=O. The van der Waals surface area contributed by atoms with Gasteiger partial charge in [0.2, 0.25) is 0 Å². The molecule has 0 aliphatic heterocycles. The van der Waals surface area contributed by atoms with Gasteiger partial charge in [-0.05, 0) is 18.1 Å². The molecule has 1 aromatic heterocycles. The molecule has 2 rings (SSSR count). The van der Waals surface area contributed by atoms with Gasteiger partial charge >= 0.3 is 5.97 Å². The molecule has 116 valence electrons. The van der Waals surface area contributed by atoms with Crippen molar-refractivity contribution in [3.05, 3.63) is 58.4 Å². The molecule has 0 saturated carbocycles. The summed E-state index contributed by atoms with van der Waals surface area (Å²) in [5, 5.41) is 8.78. The van der Waals surface area contributed by atoms with Crippen LogP contribution in [-0.4, -0.2) is 29.4 Å². The smallest absolute Gasteiger partial charge is 0.303 e. The first-order valence-corrected chi connectivity index (χ1v) is 7.12. The molecule has 2 aromatic rings. The summed E-state index contributed by atoms with van der Waals surface area (Å²) in [5.41, 5.74) is 2.11. The molecule has 0 radical (unpaired) electrons. The van der Waals surface area contributed by atoms with E-state index < -0.39 is 5.97 Å². The van der Waals surface area contributed by atoms with E-state index in [0.29, 0.717) is 18.7 Å². The van der Waals surface area contributed by atoms with Crippen LogP contribution in [0.3, 0.4) is 0 Å². The van der Waals surface area contributed by atoms with E-state index >= 15 is 0 Å². The molecule has 22 heavy (non-hydrogen) atoms. The van der Waals surface area contributed by atoms with Crippen LogP contribution < -0.4 is 5.56 Å². The maximum atomic E-state index is 12.6. The first kappa shape index (κ1) is 16.0. The number of ether oxygens (including phenoxy) is 1. The summed E-state index contributed by atoms with van der Waals surface area (Å²) in [6.07, 6.45) is 0.181. The Balaban J connectivity index is 2.44. The normalized spacial score (nSPS) is 10.6. The fourth-order valence-corrected chi connectivity index (χ4v) is 2.32. The summed E-state index contributed by atoms with van der Waals surface area (Å²) in [5.74, 6) is -0.907. The standard InChI is InChI=1S/C17H19NO4/c1-22-12-11-18-15(13-5-3-2-4-6-13)9-7-14(17(18)21)8-10-16(19)20/h2-7,9H,8,10-12H2,1H3,(H,19,20). The largest absolute Gasteiger partial charge is 0.481 e. The van der Waals surface area contributed by atoms with Gasteiger partial charge < -0.3 is 14.4 Å². The van der Waals surface area contributed by atoms with Gasteiger partial charge in [0.25, 0.3) is 5.56 Å². The second-order valence-electron chi connectivity index (χ2n) is 4.95. The van der Waals surface area contributed by atoms with Gasteiger partial charge in [0, 0.05) is 25.6 Å². The zero-order chi connectivity index (χ0) is 15.9. The van der Waals surface area contributed by atoms with Gasteiger partial charge in [-0.2, -0.15) is 0 Å². The van der Waals surface area contributed by atoms with Crippen LogP contribution in [0.25, 0.3) is 11.3 Å². The zero-order valence-corrected chi connectivity index (χ0v) is 12.5. The second-order valence-corrected chi connectivity index (χ2v) is 4.95. The fraction of sp³-hybridized carbons (Fsp3) is 0.294. The Bertz CT molecular complexity index is 692. The van der Waals surface area contributed by atoms with Crippen molar-refractivity contribution in [3.8, 4) is 11.3 Å². The lowest BCUT2D eigenvalue weighted by Gasteiger charge is -2.14. The van der Waals surface area contributed by atoms with Crippen LogP contribution >= 0.6 is 0 Å². The molecule has 0 unspecified atom stereocenters. The summed E-state index contributed by atoms with van der Waals surface area (Å²) in [6, 6.07) is 13.2. The number of methoxy groups -OCH3 is 1. The Labute approximate surface area is 128 Å². The lowest BCUT2D eigenvalue weighted by Crippen LogP contribution is -2.27. The van der Waals surface area contributed by atoms with E-state index in [-0.39, 0.29) is 18.4 Å². The van der Waals surface area contributed by atoms with Crippen molar-refractivity contribution in [1.29, 1.82) is 0 Å². The Morgan fingerprint density at radius 2 is 1.91 bits per heavy atom. The van der Waals surface area contributed by atoms with Crippen LogP contribution in [0.5, 0.6) is 0 Å². The molecule has 0 aliphatic carbocycles. The van der Waals surface area contributed by atoms with E-state index in [4.69, 9.17) is 9.84 Å². The van der Waals surface area contributed by atoms with E-state index in [9.17, 15) is 9.59 Å². The summed E-state index contributed by atoms with van der Waals surface area (Å²) < 4.78 is 6.72. The molecule has 0 bridgehead atoms. The minimum atomic E-state index is -0.907. The van der Waals surface area contributed by atoms with Gasteiger partial charge in [-0.25, -0.2) is 0 Å². The van der Waals surface area contributed by atoms with Crippen molar-refractivity contribution in [3.63, 3.8) is 0 Å². The molecule has 0 atom stereocenters. The lowest BCUT2D eigenvalue weighted by molar-refractivity contribution is -0.136. The number of benzene rings is 1. The third kappa shape index (κ3) is 3.83. The summed E-state index contributed by atoms with van der Waals surface area (Å²) in [7, 11) is 1.58. The van der Waals surface area contributed by atoms with Gasteiger partial charge in [-0.3, -0.25) is 9.59 Å². The number of aromatic nitrogens is 1. The number of carboxylic acids is 1. The van der Waals surface area contributed by atoms with Crippen LogP contribution in [0.4, 0.5) is 0 Å². The number of aryl methyl sites for hydroxylation is 1. The minimum absolute atomic E-state index is 0.0514. The monoisotopic (exact) mass is 301 g/mol. The van der Waals surface area contributed by atoms with Crippen LogP contribution in [0.15, 0.2) is 47.3 Å². The Morgan fingerprint density at radius 3 is 2.55 bits per heavy atom. The zero-order valence-electron chi connectivity index (χ0n) is 12.5. The average molecular weight is 301 g/mol. The highest BCUT2D eigenvalue weighted by molar-refractivity contribution is 5.67. The molecule has 0 aliphatic rings. The molecule has 1 heterocycles. The summed E-state index contributed by atoms with van der Waals surface area (Å²) in [6.45, 7) is 0.850. The molecule has 1 N–H and O–H groups in total. The van der Waals surface area contributed by atoms with E-state index in [0.717, 1.165) is 11.3 Å². The fourth-order valence-electron chi connectivity index (χ4n) is 2.32. The van der Waals surface area contributed by atoms with Crippen molar-refractivity contribution in [2.75, 3.05) is 13.7 Å². The Hall–Kier alpha value is -2.40. The van der Waals surface area contributed by atoms with Crippen LogP contribution in [0, 0.1) is 0 Å². The van der Waals surface area contributed by atoms with Gasteiger partial charge in [-0.15, -0.1) is 0 Å². The third-order valence-corrected chi connectivity index (χ3v) is 3.45. The predicted molar refractivity (Wildman–Crippen MR) is 84.0 cm³/mol. The van der Waals surface area contributed by atoms with E-state index in [1.54, 1.807) is 17.7 Å². The molecular weight excluding hydrogens is 282 g/mol. The highest BCUT2D eigenvalue weighted by atomic mass is 16.5. The molecule has 0 amide bonds. The molecule has 5 heteroatoms. The van der Waals surface area contributed by atoms with E-state index in [2.05, 4.69) is 0 Å². The molecule has 1 aromatic carbocycles. The average Bonchev–Trinajstić information content (AvgIpc) is 2.53. The maximum Gasteiger partial charge on any atom is 0.303 e. The Kier molecular flexibility index (Phi) is 5.49. The number of hydrogen-bond donors (Lipinski definition) is 1. The van der Waals surface area contributed by atoms with Crippen molar-refractivity contribution in [1.82, 2.24) is 4.57 Å². The minimum Gasteiger partial charge on any atom is -0.481 e. The molecule has 0 spiro atoms. The summed E-state index contributed by atoms with van der Waals surface area (Å²) in [4.78, 5) is 23.3. The van der Waals surface area contributed by atoms with Gasteiger partial charge in [0.15, 0.2) is 0 Å². The summed E-state index contributed by atoms with van der Waals surface area (Å²) >= 11 is 0. The number of pyridine rings is 1. The number of hydrogen-bond acceptors (Lipinski definition) is 3. The number of aliphatic carboxylic acids is 1. The van der Waals surface area contributed by atoms with Gasteiger partial charge in [0.1, 0.15) is 0 Å². The number of rotatable bonds is 7. The second kappa shape index (κ2) is 7.56. The van der Waals surface area contributed by atoms with Crippen LogP contribution in [-0.2, 0) is 22.5 Å². The highest BCUT2D eigenvalue weighted by Gasteiger charge is 2.11. The van der Waals surface area contributed by atoms with Crippen molar-refractivity contribution in [2.45, 2.75) is 19.4 Å². The van der Waals surface area contributed by atoms with Gasteiger partial charge in [0.05, 0.1) is 12.3 Å². The number of carboxylic acid groups (broad SMARTS) is 1. The first-order chi connectivity index (χ1) is 10.6. The predicted octanol–water partition coefficient (Wildman–Crippen LogP) is 2.18. The number of nitrogens with zero attached hydrogens (tertiary/aromatic N) is 1. The number of carbonyl (C=O) groups is 1. The Morgan fingerprint density at radius 1 is 1.18 bits per heavy atom. The quantitative estimate of drug-likeness (QED) is 0.851. The van der Waals surface area contributed by atoms with Gasteiger partial charge in [-0.1, -0.05) is 36.4 Å². The lowest BCUT2D eigenvalue weighted by atomic mass is 10.1.